The summed E-state index contributed by atoms with van der Waals surface area (Å²) in [4.78, 5) is 25.4. The number of piperidine rings is 1. The number of amides is 3. The molecule has 0 radical (unpaired) electrons. The maximum absolute atomic E-state index is 12.0. The van der Waals surface area contributed by atoms with Crippen LogP contribution in [0.2, 0.25) is 0 Å². The maximum Gasteiger partial charge on any atom is 0.321 e. The number of rotatable bonds is 3. The zero-order chi connectivity index (χ0) is 14.5. The molecule has 0 saturated carbocycles. The maximum atomic E-state index is 12.0. The van der Waals surface area contributed by atoms with E-state index >= 15 is 0 Å². The molecule has 2 saturated heterocycles. The van der Waals surface area contributed by atoms with Gasteiger partial charge in [0, 0.05) is 19.6 Å². The number of carbonyl (C=O) groups excluding carboxylic acids is 2. The molecule has 3 N–H and O–H groups in total. The van der Waals surface area contributed by atoms with Crippen LogP contribution < -0.4 is 16.0 Å². The molecule has 3 amide bonds. The minimum absolute atomic E-state index is 0.218. The number of imide groups is 1. The van der Waals surface area contributed by atoms with Crippen molar-refractivity contribution in [3.05, 3.63) is 0 Å². The topological polar surface area (TPSA) is 73.5 Å². The van der Waals surface area contributed by atoms with Crippen LogP contribution in [-0.2, 0) is 4.79 Å². The van der Waals surface area contributed by atoms with Crippen molar-refractivity contribution in [1.82, 2.24) is 20.9 Å². The van der Waals surface area contributed by atoms with Gasteiger partial charge in [-0.3, -0.25) is 15.0 Å². The van der Waals surface area contributed by atoms with Crippen LogP contribution in [0.5, 0.6) is 0 Å². The van der Waals surface area contributed by atoms with Crippen molar-refractivity contribution < 1.29 is 9.59 Å². The van der Waals surface area contributed by atoms with E-state index in [1.807, 2.05) is 6.92 Å². The van der Waals surface area contributed by atoms with E-state index in [4.69, 9.17) is 0 Å². The molecule has 0 aliphatic carbocycles. The summed E-state index contributed by atoms with van der Waals surface area (Å²) in [5.74, 6) is 0.408. The van der Waals surface area contributed by atoms with E-state index in [0.717, 1.165) is 26.1 Å². The molecular formula is C14H26N4O2. The van der Waals surface area contributed by atoms with Gasteiger partial charge in [-0.05, 0) is 51.6 Å². The van der Waals surface area contributed by atoms with Crippen molar-refractivity contribution in [3.8, 4) is 0 Å². The van der Waals surface area contributed by atoms with E-state index in [1.165, 1.54) is 26.3 Å². The number of likely N-dealkylation sites (tertiary alicyclic amines) is 1. The molecule has 0 aromatic carbocycles. The number of carbonyl (C=O) groups is 2. The van der Waals surface area contributed by atoms with Gasteiger partial charge in [0.2, 0.25) is 5.91 Å². The summed E-state index contributed by atoms with van der Waals surface area (Å²) in [7, 11) is 1.51. The third kappa shape index (κ3) is 3.70. The third-order valence-electron chi connectivity index (χ3n) is 4.55. The van der Waals surface area contributed by atoms with Crippen LogP contribution in [0, 0.1) is 5.92 Å². The molecule has 2 rings (SSSR count). The number of nitrogens with one attached hydrogen (secondary N) is 3. The SMILES string of the molecule is CNC(=O)NC(=O)C(C)N1CCCC(C2CCCN2)C1. The summed E-state index contributed by atoms with van der Waals surface area (Å²) in [5.41, 5.74) is 0. The lowest BCUT2D eigenvalue weighted by molar-refractivity contribution is -0.125. The molecule has 2 aliphatic rings. The fourth-order valence-corrected chi connectivity index (χ4v) is 3.28. The second kappa shape index (κ2) is 7.04. The first-order chi connectivity index (χ1) is 9.61. The lowest BCUT2D eigenvalue weighted by Crippen LogP contribution is -2.53. The quantitative estimate of drug-likeness (QED) is 0.696. The second-order valence-corrected chi connectivity index (χ2v) is 5.84. The van der Waals surface area contributed by atoms with Crippen LogP contribution in [0.3, 0.4) is 0 Å². The van der Waals surface area contributed by atoms with Crippen LogP contribution in [0.1, 0.15) is 32.6 Å². The molecule has 6 heteroatoms. The summed E-state index contributed by atoms with van der Waals surface area (Å²) in [5, 5.41) is 8.34. The molecule has 2 fully saturated rings. The predicted molar refractivity (Wildman–Crippen MR) is 77.4 cm³/mol. The largest absolute Gasteiger partial charge is 0.341 e. The fourth-order valence-electron chi connectivity index (χ4n) is 3.28. The Bertz CT molecular complexity index is 355. The molecule has 0 aromatic heterocycles. The lowest BCUT2D eigenvalue weighted by atomic mass is 9.89. The minimum atomic E-state index is -0.437. The Kier molecular flexibility index (Phi) is 5.37. The Morgan fingerprint density at radius 1 is 1.30 bits per heavy atom. The van der Waals surface area contributed by atoms with Crippen molar-refractivity contribution in [1.29, 1.82) is 0 Å². The molecule has 0 aromatic rings. The summed E-state index contributed by atoms with van der Waals surface area (Å²) < 4.78 is 0. The van der Waals surface area contributed by atoms with Gasteiger partial charge in [0.25, 0.3) is 0 Å². The Labute approximate surface area is 120 Å². The third-order valence-corrected chi connectivity index (χ3v) is 4.55. The van der Waals surface area contributed by atoms with Crippen molar-refractivity contribution in [2.75, 3.05) is 26.7 Å². The number of hydrogen-bond acceptors (Lipinski definition) is 4. The summed E-state index contributed by atoms with van der Waals surface area (Å²) in [6.45, 7) is 4.88. The minimum Gasteiger partial charge on any atom is -0.341 e. The average molecular weight is 282 g/mol. The molecule has 3 unspecified atom stereocenters. The highest BCUT2D eigenvalue weighted by molar-refractivity contribution is 5.96. The Hall–Kier alpha value is -1.14. The van der Waals surface area contributed by atoms with Crippen molar-refractivity contribution in [3.63, 3.8) is 0 Å². The monoisotopic (exact) mass is 282 g/mol. The molecule has 6 nitrogen and oxygen atoms in total. The van der Waals surface area contributed by atoms with Gasteiger partial charge in [0.05, 0.1) is 6.04 Å². The summed E-state index contributed by atoms with van der Waals surface area (Å²) in [6, 6.07) is -0.0867. The Morgan fingerprint density at radius 3 is 2.75 bits per heavy atom. The van der Waals surface area contributed by atoms with E-state index in [-0.39, 0.29) is 11.9 Å². The van der Waals surface area contributed by atoms with Gasteiger partial charge in [0.15, 0.2) is 0 Å². The van der Waals surface area contributed by atoms with E-state index < -0.39 is 6.03 Å². The van der Waals surface area contributed by atoms with Crippen LogP contribution in [0.25, 0.3) is 0 Å². The van der Waals surface area contributed by atoms with Crippen molar-refractivity contribution in [2.45, 2.75) is 44.7 Å². The predicted octanol–water partition coefficient (Wildman–Crippen LogP) is 0.295. The first-order valence-corrected chi connectivity index (χ1v) is 7.62. The highest BCUT2D eigenvalue weighted by Crippen LogP contribution is 2.25. The van der Waals surface area contributed by atoms with Crippen LogP contribution in [0.4, 0.5) is 4.79 Å². The van der Waals surface area contributed by atoms with Crippen molar-refractivity contribution in [2.24, 2.45) is 5.92 Å². The van der Waals surface area contributed by atoms with E-state index in [0.29, 0.717) is 12.0 Å². The summed E-state index contributed by atoms with van der Waals surface area (Å²) >= 11 is 0. The molecule has 20 heavy (non-hydrogen) atoms. The van der Waals surface area contributed by atoms with Gasteiger partial charge < -0.3 is 10.6 Å². The van der Waals surface area contributed by atoms with Gasteiger partial charge in [-0.2, -0.15) is 0 Å². The van der Waals surface area contributed by atoms with Crippen LogP contribution in [-0.4, -0.2) is 55.6 Å². The average Bonchev–Trinajstić information content (AvgIpc) is 3.00. The lowest BCUT2D eigenvalue weighted by Gasteiger charge is -2.38. The van der Waals surface area contributed by atoms with Gasteiger partial charge in [-0.1, -0.05) is 0 Å². The highest BCUT2D eigenvalue weighted by Gasteiger charge is 2.32. The van der Waals surface area contributed by atoms with E-state index in [2.05, 4.69) is 20.9 Å². The molecule has 114 valence electrons. The van der Waals surface area contributed by atoms with Crippen LogP contribution >= 0.6 is 0 Å². The molecule has 2 aliphatic heterocycles. The Balaban J connectivity index is 1.87. The first-order valence-electron chi connectivity index (χ1n) is 7.62. The first kappa shape index (κ1) is 15.3. The smallest absolute Gasteiger partial charge is 0.321 e. The normalized spacial score (nSPS) is 28.9. The number of hydrogen-bond donors (Lipinski definition) is 3. The standard InChI is InChI=1S/C14H26N4O2/c1-10(13(19)17-14(20)15-2)18-8-4-5-11(9-18)12-6-3-7-16-12/h10-12,16H,3-9H2,1-2H3,(H2,15,17,19,20). The molecule has 2 heterocycles. The van der Waals surface area contributed by atoms with Crippen molar-refractivity contribution >= 4 is 11.9 Å². The molecule has 0 bridgehead atoms. The van der Waals surface area contributed by atoms with Gasteiger partial charge in [-0.15, -0.1) is 0 Å². The second-order valence-electron chi connectivity index (χ2n) is 5.84. The van der Waals surface area contributed by atoms with Gasteiger partial charge in [0.1, 0.15) is 0 Å². The molecular weight excluding hydrogens is 256 g/mol. The van der Waals surface area contributed by atoms with E-state index in [1.54, 1.807) is 0 Å². The zero-order valence-corrected chi connectivity index (χ0v) is 12.4. The Morgan fingerprint density at radius 2 is 2.10 bits per heavy atom. The molecule has 3 atom stereocenters. The van der Waals surface area contributed by atoms with Gasteiger partial charge >= 0.3 is 6.03 Å². The fraction of sp³-hybridized carbons (Fsp3) is 0.857. The van der Waals surface area contributed by atoms with Crippen LogP contribution in [0.15, 0.2) is 0 Å². The highest BCUT2D eigenvalue weighted by atomic mass is 16.2. The number of nitrogens with zero attached hydrogens (tertiary/aromatic N) is 1. The zero-order valence-electron chi connectivity index (χ0n) is 12.4. The molecule has 0 spiro atoms. The van der Waals surface area contributed by atoms with Gasteiger partial charge in [-0.25, -0.2) is 4.79 Å². The number of urea groups is 1. The van der Waals surface area contributed by atoms with E-state index in [9.17, 15) is 9.59 Å². The summed E-state index contributed by atoms with van der Waals surface area (Å²) in [6.07, 6.45) is 4.86.